The first-order chi connectivity index (χ1) is 11.7. The van der Waals surface area contributed by atoms with E-state index in [0.717, 1.165) is 38.5 Å². The van der Waals surface area contributed by atoms with Crippen LogP contribution in [0.5, 0.6) is 0 Å². The number of rotatable bonds is 11. The fraction of sp³-hybridized carbons (Fsp3) is 0.682. The molecule has 1 fully saturated rings. The highest BCUT2D eigenvalue weighted by Gasteiger charge is 2.46. The van der Waals surface area contributed by atoms with Crippen molar-refractivity contribution in [3.8, 4) is 0 Å². The molecule has 0 aromatic carbocycles. The van der Waals surface area contributed by atoms with Crippen molar-refractivity contribution in [1.29, 1.82) is 0 Å². The zero-order chi connectivity index (χ0) is 18.9. The molecule has 25 heavy (non-hydrogen) atoms. The maximum Gasteiger partial charge on any atom is 0.302 e. The van der Waals surface area contributed by atoms with Crippen LogP contribution < -0.4 is 0 Å². The molecule has 1 heterocycles. The van der Waals surface area contributed by atoms with Crippen molar-refractivity contribution >= 4 is 5.97 Å². The van der Waals surface area contributed by atoms with Crippen molar-refractivity contribution in [2.75, 3.05) is 6.61 Å². The molecule has 3 heteroatoms. The molecule has 1 aliphatic rings. The monoisotopic (exact) mass is 348 g/mol. The molecule has 3 nitrogen and oxygen atoms in total. The Kier molecular flexibility index (Phi) is 9.20. The highest BCUT2D eigenvalue weighted by molar-refractivity contribution is 5.66. The summed E-state index contributed by atoms with van der Waals surface area (Å²) >= 11 is 0. The Morgan fingerprint density at radius 3 is 1.88 bits per heavy atom. The number of hydrogen-bond donors (Lipinski definition) is 0. The zero-order valence-electron chi connectivity index (χ0n) is 17.0. The first-order valence-corrected chi connectivity index (χ1v) is 9.49. The average Bonchev–Trinajstić information content (AvgIpc) is 3.12. The second-order valence-corrected chi connectivity index (χ2v) is 7.78. The van der Waals surface area contributed by atoms with Gasteiger partial charge in [-0.3, -0.25) is 4.79 Å². The largest absolute Gasteiger partial charge is 0.462 e. The van der Waals surface area contributed by atoms with Crippen LogP contribution in [0, 0.1) is 0 Å². The molecule has 0 bridgehead atoms. The lowest BCUT2D eigenvalue weighted by Gasteiger charge is -2.03. The second kappa shape index (κ2) is 10.6. The third-order valence-electron chi connectivity index (χ3n) is 4.75. The lowest BCUT2D eigenvalue weighted by molar-refractivity contribution is -0.139. The Labute approximate surface area is 154 Å². The average molecular weight is 349 g/mol. The van der Waals surface area contributed by atoms with Gasteiger partial charge in [0.2, 0.25) is 0 Å². The van der Waals surface area contributed by atoms with Gasteiger partial charge in [0.15, 0.2) is 0 Å². The van der Waals surface area contributed by atoms with Crippen LogP contribution in [-0.2, 0) is 14.3 Å². The molecular weight excluding hydrogens is 312 g/mol. The highest BCUT2D eigenvalue weighted by Crippen LogP contribution is 2.38. The van der Waals surface area contributed by atoms with Gasteiger partial charge in [-0.25, -0.2) is 0 Å². The zero-order valence-corrected chi connectivity index (χ0v) is 17.0. The summed E-state index contributed by atoms with van der Waals surface area (Å²) in [5.41, 5.74) is 4.31. The molecule has 0 N–H and O–H groups in total. The topological polar surface area (TPSA) is 38.8 Å². The predicted molar refractivity (Wildman–Crippen MR) is 105 cm³/mol. The van der Waals surface area contributed by atoms with Crippen molar-refractivity contribution in [1.82, 2.24) is 0 Å². The maximum atomic E-state index is 10.7. The lowest BCUT2D eigenvalue weighted by Crippen LogP contribution is -2.02. The number of carbonyl (C=O) groups excluding carboxylic acids is 1. The normalized spacial score (nSPS) is 20.6. The van der Waals surface area contributed by atoms with Crippen LogP contribution >= 0.6 is 0 Å². The fourth-order valence-corrected chi connectivity index (χ4v) is 2.80. The van der Waals surface area contributed by atoms with Gasteiger partial charge < -0.3 is 9.47 Å². The Morgan fingerprint density at radius 2 is 1.40 bits per heavy atom. The molecule has 1 unspecified atom stereocenters. The van der Waals surface area contributed by atoms with Crippen LogP contribution in [0.25, 0.3) is 0 Å². The summed E-state index contributed by atoms with van der Waals surface area (Å²) in [4.78, 5) is 10.7. The number of esters is 1. The first kappa shape index (κ1) is 21.7. The molecule has 0 saturated carbocycles. The fourth-order valence-electron chi connectivity index (χ4n) is 2.80. The standard InChI is InChI=1S/C22H36O3/c1-17(10-8-12-19(3)15-16-24-20(4)23)9-7-11-18(2)13-14-21-22(5,6)25-21/h10-11,15,21H,7-9,12-14,16H2,1-6H3/b17-10+,18-11+,19-15-. The van der Waals surface area contributed by atoms with Gasteiger partial charge in [0.05, 0.1) is 11.7 Å². The molecule has 0 amide bonds. The van der Waals surface area contributed by atoms with Gasteiger partial charge in [0, 0.05) is 6.92 Å². The highest BCUT2D eigenvalue weighted by atomic mass is 16.6. The SMILES string of the molecule is CC(=O)OC/C=C(/C)CC/C=C(\C)CC/C=C(\C)CCC1OC1(C)C. The van der Waals surface area contributed by atoms with Crippen molar-refractivity contribution in [2.45, 2.75) is 91.8 Å². The molecule has 1 rings (SSSR count). The smallest absolute Gasteiger partial charge is 0.302 e. The third-order valence-corrected chi connectivity index (χ3v) is 4.75. The number of carbonyl (C=O) groups is 1. The predicted octanol–water partition coefficient (Wildman–Crippen LogP) is 5.91. The van der Waals surface area contributed by atoms with Crippen LogP contribution in [-0.4, -0.2) is 24.3 Å². The van der Waals surface area contributed by atoms with Gasteiger partial charge in [-0.1, -0.05) is 28.9 Å². The maximum absolute atomic E-state index is 10.7. The minimum Gasteiger partial charge on any atom is -0.462 e. The summed E-state index contributed by atoms with van der Waals surface area (Å²) in [7, 11) is 0. The van der Waals surface area contributed by atoms with Crippen molar-refractivity contribution in [3.05, 3.63) is 34.9 Å². The first-order valence-electron chi connectivity index (χ1n) is 9.49. The van der Waals surface area contributed by atoms with Crippen molar-refractivity contribution in [2.24, 2.45) is 0 Å². The van der Waals surface area contributed by atoms with Gasteiger partial charge in [0.25, 0.3) is 0 Å². The third kappa shape index (κ3) is 10.3. The Morgan fingerprint density at radius 1 is 0.920 bits per heavy atom. The van der Waals surface area contributed by atoms with Crippen LogP contribution in [0.2, 0.25) is 0 Å². The number of allylic oxidation sites excluding steroid dienone is 5. The molecule has 0 aromatic heterocycles. The van der Waals surface area contributed by atoms with Gasteiger partial charge in [-0.15, -0.1) is 0 Å². The molecule has 0 aromatic rings. The summed E-state index contributed by atoms with van der Waals surface area (Å²) in [5.74, 6) is -0.225. The van der Waals surface area contributed by atoms with Gasteiger partial charge in [-0.2, -0.15) is 0 Å². The number of ether oxygens (including phenoxy) is 2. The minimum absolute atomic E-state index is 0.115. The van der Waals surface area contributed by atoms with Crippen LogP contribution in [0.15, 0.2) is 34.9 Å². The lowest BCUT2D eigenvalue weighted by atomic mass is 10.0. The van der Waals surface area contributed by atoms with Gasteiger partial charge >= 0.3 is 5.97 Å². The van der Waals surface area contributed by atoms with Crippen molar-refractivity contribution in [3.63, 3.8) is 0 Å². The van der Waals surface area contributed by atoms with E-state index >= 15 is 0 Å². The summed E-state index contributed by atoms with van der Waals surface area (Å²) in [6, 6.07) is 0. The molecule has 142 valence electrons. The van der Waals surface area contributed by atoms with Crippen LogP contribution in [0.3, 0.4) is 0 Å². The molecule has 1 saturated heterocycles. The molecule has 0 aliphatic carbocycles. The molecule has 1 atom stereocenters. The van der Waals surface area contributed by atoms with Crippen LogP contribution in [0.4, 0.5) is 0 Å². The Bertz CT molecular complexity index is 523. The molecule has 0 radical (unpaired) electrons. The van der Waals surface area contributed by atoms with Gasteiger partial charge in [0.1, 0.15) is 6.61 Å². The van der Waals surface area contributed by atoms with Crippen LogP contribution in [0.1, 0.15) is 80.1 Å². The summed E-state index contributed by atoms with van der Waals surface area (Å²) in [6.45, 7) is 12.7. The van der Waals surface area contributed by atoms with E-state index in [2.05, 4.69) is 46.8 Å². The van der Waals surface area contributed by atoms with E-state index in [-0.39, 0.29) is 11.6 Å². The molecule has 1 aliphatic heterocycles. The van der Waals surface area contributed by atoms with E-state index in [1.165, 1.54) is 23.6 Å². The summed E-state index contributed by atoms with van der Waals surface area (Å²) in [6.07, 6.45) is 13.7. The van der Waals surface area contributed by atoms with E-state index in [9.17, 15) is 4.79 Å². The Hall–Kier alpha value is -1.35. The van der Waals surface area contributed by atoms with E-state index in [1.807, 2.05) is 6.08 Å². The van der Waals surface area contributed by atoms with Gasteiger partial charge in [-0.05, 0) is 79.2 Å². The van der Waals surface area contributed by atoms with E-state index in [0.29, 0.717) is 12.7 Å². The number of hydrogen-bond acceptors (Lipinski definition) is 3. The summed E-state index contributed by atoms with van der Waals surface area (Å²) in [5, 5.41) is 0. The molecule has 0 spiro atoms. The molecular formula is C22H36O3. The van der Waals surface area contributed by atoms with E-state index in [1.54, 1.807) is 0 Å². The minimum atomic E-state index is -0.225. The second-order valence-electron chi connectivity index (χ2n) is 7.78. The Balaban J connectivity index is 2.15. The van der Waals surface area contributed by atoms with E-state index in [4.69, 9.17) is 9.47 Å². The van der Waals surface area contributed by atoms with E-state index < -0.39 is 0 Å². The summed E-state index contributed by atoms with van der Waals surface area (Å²) < 4.78 is 10.6. The van der Waals surface area contributed by atoms with Crippen molar-refractivity contribution < 1.29 is 14.3 Å². The quantitative estimate of drug-likeness (QED) is 0.265. The number of epoxide rings is 1.